The van der Waals surface area contributed by atoms with E-state index in [1.54, 1.807) is 24.3 Å². The van der Waals surface area contributed by atoms with Crippen LogP contribution >= 0.6 is 0 Å². The number of rotatable bonds is 4. The maximum Gasteiger partial charge on any atom is 0.348 e. The van der Waals surface area contributed by atoms with Crippen molar-refractivity contribution in [2.24, 2.45) is 0 Å². The number of carbonyl (C=O) groups is 4. The molecule has 3 aromatic carbocycles. The third-order valence-electron chi connectivity index (χ3n) is 4.10. The highest BCUT2D eigenvalue weighted by Gasteiger charge is 2.25. The summed E-state index contributed by atoms with van der Waals surface area (Å²) in [6.07, 6.45) is 0. The fourth-order valence-electron chi connectivity index (χ4n) is 2.59. The van der Waals surface area contributed by atoms with Crippen molar-refractivity contribution >= 4 is 35.3 Å². The molecule has 0 aliphatic carbocycles. The van der Waals surface area contributed by atoms with Crippen LogP contribution in [0.3, 0.4) is 0 Å². The van der Waals surface area contributed by atoms with Crippen molar-refractivity contribution in [1.29, 1.82) is 0 Å². The van der Waals surface area contributed by atoms with Crippen LogP contribution < -0.4 is 11.5 Å². The molecule has 0 spiro atoms. The van der Waals surface area contributed by atoms with E-state index in [1.807, 2.05) is 0 Å². The number of anilines is 2. The molecule has 0 radical (unpaired) electrons. The first kappa shape index (κ1) is 20.3. The van der Waals surface area contributed by atoms with Crippen molar-refractivity contribution in [3.63, 3.8) is 0 Å². The van der Waals surface area contributed by atoms with Crippen molar-refractivity contribution in [3.05, 3.63) is 95.1 Å². The number of esters is 4. The molecule has 3 rings (SSSR count). The minimum Gasteiger partial charge on any atom is -0.398 e. The number of hydrogen-bond donors (Lipinski definition) is 2. The van der Waals surface area contributed by atoms with Gasteiger partial charge in [0.25, 0.3) is 0 Å². The van der Waals surface area contributed by atoms with Crippen molar-refractivity contribution in [2.45, 2.75) is 0 Å². The summed E-state index contributed by atoms with van der Waals surface area (Å²) in [5, 5.41) is 0. The number of hydrogen-bond acceptors (Lipinski definition) is 8. The number of para-hydroxylation sites is 2. The first-order chi connectivity index (χ1) is 14.4. The molecule has 30 heavy (non-hydrogen) atoms. The van der Waals surface area contributed by atoms with Gasteiger partial charge in [-0.3, -0.25) is 0 Å². The Bertz CT molecular complexity index is 1070. The maximum atomic E-state index is 12.5. The third-order valence-corrected chi connectivity index (χ3v) is 4.10. The van der Waals surface area contributed by atoms with E-state index in [0.717, 1.165) is 0 Å². The quantitative estimate of drug-likeness (QED) is 0.384. The summed E-state index contributed by atoms with van der Waals surface area (Å²) in [6, 6.07) is 17.6. The number of benzene rings is 3. The topological polar surface area (TPSA) is 139 Å². The van der Waals surface area contributed by atoms with E-state index in [2.05, 4.69) is 0 Å². The van der Waals surface area contributed by atoms with Gasteiger partial charge in [-0.1, -0.05) is 36.4 Å². The Labute approximate surface area is 171 Å². The molecule has 3 aromatic rings. The highest BCUT2D eigenvalue weighted by molar-refractivity contribution is 6.12. The van der Waals surface area contributed by atoms with Crippen LogP contribution in [-0.2, 0) is 9.47 Å². The summed E-state index contributed by atoms with van der Waals surface area (Å²) in [5.74, 6) is -4.14. The minimum absolute atomic E-state index is 0.000591. The predicted molar refractivity (Wildman–Crippen MR) is 108 cm³/mol. The second-order valence-corrected chi connectivity index (χ2v) is 6.07. The molecule has 0 atom stereocenters. The van der Waals surface area contributed by atoms with Gasteiger partial charge in [0.15, 0.2) is 0 Å². The molecular weight excluding hydrogens is 388 g/mol. The molecule has 0 bridgehead atoms. The smallest absolute Gasteiger partial charge is 0.348 e. The Morgan fingerprint density at radius 2 is 0.733 bits per heavy atom. The van der Waals surface area contributed by atoms with E-state index in [1.165, 1.54) is 48.5 Å². The van der Waals surface area contributed by atoms with Crippen LogP contribution in [0.2, 0.25) is 0 Å². The Hall–Kier alpha value is -4.46. The van der Waals surface area contributed by atoms with Crippen LogP contribution in [0.5, 0.6) is 0 Å². The second kappa shape index (κ2) is 8.70. The summed E-state index contributed by atoms with van der Waals surface area (Å²) in [7, 11) is 0. The van der Waals surface area contributed by atoms with Crippen molar-refractivity contribution in [1.82, 2.24) is 0 Å². The van der Waals surface area contributed by atoms with E-state index in [0.29, 0.717) is 0 Å². The first-order valence-electron chi connectivity index (χ1n) is 8.69. The predicted octanol–water partition coefficient (Wildman–Crippen LogP) is 2.85. The molecule has 0 aliphatic rings. The summed E-state index contributed by atoms with van der Waals surface area (Å²) in [4.78, 5) is 49.4. The van der Waals surface area contributed by atoms with E-state index in [9.17, 15) is 19.2 Å². The lowest BCUT2D eigenvalue weighted by Crippen LogP contribution is -2.20. The highest BCUT2D eigenvalue weighted by atomic mass is 16.6. The molecule has 0 aliphatic heterocycles. The van der Waals surface area contributed by atoms with Gasteiger partial charge in [0.05, 0.1) is 22.3 Å². The molecule has 0 unspecified atom stereocenters. The lowest BCUT2D eigenvalue weighted by molar-refractivity contribution is 0.0357. The van der Waals surface area contributed by atoms with Crippen molar-refractivity contribution < 1.29 is 28.7 Å². The normalized spacial score (nSPS) is 10.1. The fourth-order valence-corrected chi connectivity index (χ4v) is 2.59. The first-order valence-corrected chi connectivity index (χ1v) is 8.69. The van der Waals surface area contributed by atoms with Crippen LogP contribution in [0.25, 0.3) is 0 Å². The number of ether oxygens (including phenoxy) is 2. The van der Waals surface area contributed by atoms with E-state index in [-0.39, 0.29) is 33.6 Å². The van der Waals surface area contributed by atoms with Gasteiger partial charge in [-0.2, -0.15) is 0 Å². The SMILES string of the molecule is Nc1ccccc1C(=O)OC(=O)c1ccccc1C(=O)OC(=O)c1ccccc1N. The Morgan fingerprint density at radius 1 is 0.467 bits per heavy atom. The summed E-state index contributed by atoms with van der Waals surface area (Å²) in [6.45, 7) is 0. The summed E-state index contributed by atoms with van der Waals surface area (Å²) < 4.78 is 9.66. The van der Waals surface area contributed by atoms with E-state index >= 15 is 0 Å². The molecule has 0 fully saturated rings. The Balaban J connectivity index is 1.80. The zero-order chi connectivity index (χ0) is 21.7. The van der Waals surface area contributed by atoms with Crippen molar-refractivity contribution in [3.8, 4) is 0 Å². The van der Waals surface area contributed by atoms with Gasteiger partial charge in [0.1, 0.15) is 0 Å². The lowest BCUT2D eigenvalue weighted by Gasteiger charge is -2.09. The van der Waals surface area contributed by atoms with Crippen LogP contribution in [0, 0.1) is 0 Å². The second-order valence-electron chi connectivity index (χ2n) is 6.07. The highest BCUT2D eigenvalue weighted by Crippen LogP contribution is 2.18. The van der Waals surface area contributed by atoms with Crippen molar-refractivity contribution in [2.75, 3.05) is 11.5 Å². The lowest BCUT2D eigenvalue weighted by atomic mass is 10.1. The molecule has 8 nitrogen and oxygen atoms in total. The van der Waals surface area contributed by atoms with Crippen LogP contribution in [-0.4, -0.2) is 23.9 Å². The Morgan fingerprint density at radius 3 is 1.07 bits per heavy atom. The van der Waals surface area contributed by atoms with Gasteiger partial charge < -0.3 is 20.9 Å². The van der Waals surface area contributed by atoms with Gasteiger partial charge in [-0.25, -0.2) is 19.2 Å². The number of nitrogen functional groups attached to an aromatic ring is 2. The molecule has 0 saturated carbocycles. The van der Waals surface area contributed by atoms with Gasteiger partial charge in [0, 0.05) is 11.4 Å². The minimum atomic E-state index is -1.09. The number of nitrogens with two attached hydrogens (primary N) is 2. The average molecular weight is 404 g/mol. The molecule has 0 heterocycles. The summed E-state index contributed by atoms with van der Waals surface area (Å²) >= 11 is 0. The molecule has 150 valence electrons. The van der Waals surface area contributed by atoms with Gasteiger partial charge in [-0.15, -0.1) is 0 Å². The van der Waals surface area contributed by atoms with Gasteiger partial charge in [-0.05, 0) is 36.4 Å². The fraction of sp³-hybridized carbons (Fsp3) is 0. The largest absolute Gasteiger partial charge is 0.398 e. The van der Waals surface area contributed by atoms with Crippen LogP contribution in [0.1, 0.15) is 41.4 Å². The molecule has 0 saturated heterocycles. The average Bonchev–Trinajstić information content (AvgIpc) is 2.74. The molecule has 0 amide bonds. The molecule has 8 heteroatoms. The van der Waals surface area contributed by atoms with Crippen LogP contribution in [0.4, 0.5) is 11.4 Å². The zero-order valence-electron chi connectivity index (χ0n) is 15.5. The zero-order valence-corrected chi connectivity index (χ0v) is 15.5. The maximum absolute atomic E-state index is 12.5. The van der Waals surface area contributed by atoms with Gasteiger partial charge in [0.2, 0.25) is 0 Å². The number of carbonyl (C=O) groups excluding carboxylic acids is 4. The molecular formula is C22H16N2O6. The third kappa shape index (κ3) is 4.33. The van der Waals surface area contributed by atoms with Crippen LogP contribution in [0.15, 0.2) is 72.8 Å². The van der Waals surface area contributed by atoms with E-state index in [4.69, 9.17) is 20.9 Å². The monoisotopic (exact) mass is 404 g/mol. The van der Waals surface area contributed by atoms with E-state index < -0.39 is 23.9 Å². The van der Waals surface area contributed by atoms with Gasteiger partial charge >= 0.3 is 23.9 Å². The molecule has 0 aromatic heterocycles. The summed E-state index contributed by atoms with van der Waals surface area (Å²) in [5.41, 5.74) is 11.2. The Kier molecular flexibility index (Phi) is 5.88. The standard InChI is InChI=1S/C22H16N2O6/c23-17-11-5-3-9-15(17)21(27)29-19(25)13-7-1-2-8-14(13)20(26)30-22(28)16-10-4-6-12-18(16)24/h1-12H,23-24H2. The molecule has 4 N–H and O–H groups in total.